The van der Waals surface area contributed by atoms with Gasteiger partial charge in [0, 0.05) is 42.0 Å². The van der Waals surface area contributed by atoms with Crippen molar-refractivity contribution < 1.29 is 9.53 Å². The Bertz CT molecular complexity index is 1120. The smallest absolute Gasteiger partial charge is 0.222 e. The van der Waals surface area contributed by atoms with E-state index in [0.717, 1.165) is 22.5 Å². The van der Waals surface area contributed by atoms with E-state index in [1.54, 1.807) is 41.8 Å². The lowest BCUT2D eigenvalue weighted by atomic mass is 10.1. The van der Waals surface area contributed by atoms with Crippen LogP contribution < -0.4 is 4.74 Å². The van der Waals surface area contributed by atoms with Gasteiger partial charge in [-0.25, -0.2) is 9.50 Å². The molecule has 2 aromatic heterocycles. The molecule has 0 aliphatic rings. The van der Waals surface area contributed by atoms with Crippen LogP contribution in [0.2, 0.25) is 5.02 Å². The van der Waals surface area contributed by atoms with Gasteiger partial charge in [0.1, 0.15) is 17.4 Å². The van der Waals surface area contributed by atoms with Crippen molar-refractivity contribution in [1.29, 1.82) is 5.26 Å². The quantitative estimate of drug-likeness (QED) is 0.620. The number of halogens is 1. The van der Waals surface area contributed by atoms with E-state index >= 15 is 0 Å². The molecule has 0 saturated heterocycles. The van der Waals surface area contributed by atoms with E-state index in [1.165, 1.54) is 6.20 Å². The van der Waals surface area contributed by atoms with Gasteiger partial charge >= 0.3 is 0 Å². The number of nitrogens with zero attached hydrogens (tertiary/aromatic N) is 5. The molecule has 150 valence electrons. The molecule has 29 heavy (non-hydrogen) atoms. The molecular weight excluding hydrogens is 390 g/mol. The summed E-state index contributed by atoms with van der Waals surface area (Å²) in [5.41, 5.74) is 4.50. The third-order valence-corrected chi connectivity index (χ3v) is 5.23. The Morgan fingerprint density at radius 2 is 2.14 bits per heavy atom. The maximum absolute atomic E-state index is 12.7. The summed E-state index contributed by atoms with van der Waals surface area (Å²) in [6, 6.07) is 7.46. The molecule has 1 aromatic carbocycles. The Morgan fingerprint density at radius 3 is 2.83 bits per heavy atom. The van der Waals surface area contributed by atoms with Crippen LogP contribution in [-0.4, -0.2) is 39.6 Å². The van der Waals surface area contributed by atoms with E-state index < -0.39 is 0 Å². The summed E-state index contributed by atoms with van der Waals surface area (Å²) in [6.07, 6.45) is 2.38. The number of aryl methyl sites for hydroxylation is 2. The first-order chi connectivity index (χ1) is 13.8. The van der Waals surface area contributed by atoms with Gasteiger partial charge in [-0.15, -0.1) is 0 Å². The molecule has 7 nitrogen and oxygen atoms in total. The minimum Gasteiger partial charge on any atom is -0.496 e. The van der Waals surface area contributed by atoms with Gasteiger partial charge in [0.05, 0.1) is 13.3 Å². The highest BCUT2D eigenvalue weighted by Crippen LogP contribution is 2.24. The first kappa shape index (κ1) is 20.6. The zero-order valence-electron chi connectivity index (χ0n) is 16.9. The van der Waals surface area contributed by atoms with Crippen LogP contribution in [0.4, 0.5) is 0 Å². The molecule has 1 amide bonds. The summed E-state index contributed by atoms with van der Waals surface area (Å²) in [4.78, 5) is 18.9. The Balaban J connectivity index is 1.74. The van der Waals surface area contributed by atoms with Crippen molar-refractivity contribution in [3.8, 4) is 11.8 Å². The number of rotatable bonds is 6. The third kappa shape index (κ3) is 4.17. The maximum Gasteiger partial charge on any atom is 0.222 e. The summed E-state index contributed by atoms with van der Waals surface area (Å²) < 4.78 is 7.01. The van der Waals surface area contributed by atoms with Crippen molar-refractivity contribution in [3.05, 3.63) is 57.5 Å². The summed E-state index contributed by atoms with van der Waals surface area (Å²) in [5, 5.41) is 14.0. The van der Waals surface area contributed by atoms with Crippen LogP contribution in [0.25, 0.3) is 5.65 Å². The fourth-order valence-corrected chi connectivity index (χ4v) is 3.58. The Hall–Kier alpha value is -3.11. The fourth-order valence-electron chi connectivity index (χ4n) is 3.39. The highest BCUT2D eigenvalue weighted by Gasteiger charge is 2.17. The van der Waals surface area contributed by atoms with Crippen LogP contribution in [0, 0.1) is 25.2 Å². The second-order valence-corrected chi connectivity index (χ2v) is 7.31. The number of ether oxygens (including phenoxy) is 1. The van der Waals surface area contributed by atoms with Crippen LogP contribution in [0.15, 0.2) is 24.4 Å². The van der Waals surface area contributed by atoms with Gasteiger partial charge in [0.15, 0.2) is 5.65 Å². The highest BCUT2D eigenvalue weighted by atomic mass is 35.5. The van der Waals surface area contributed by atoms with Crippen molar-refractivity contribution in [2.24, 2.45) is 0 Å². The van der Waals surface area contributed by atoms with Crippen molar-refractivity contribution >= 4 is 23.2 Å². The van der Waals surface area contributed by atoms with Gasteiger partial charge in [-0.3, -0.25) is 4.79 Å². The number of carbonyl (C=O) groups excluding carboxylic acids is 1. The van der Waals surface area contributed by atoms with Crippen LogP contribution in [0.5, 0.6) is 5.75 Å². The molecule has 0 fully saturated rings. The second kappa shape index (κ2) is 8.50. The van der Waals surface area contributed by atoms with Crippen molar-refractivity contribution in [1.82, 2.24) is 19.5 Å². The molecule has 8 heteroatoms. The Labute approximate surface area is 174 Å². The molecule has 3 aromatic rings. The molecule has 0 unspecified atom stereocenters. The zero-order valence-corrected chi connectivity index (χ0v) is 17.6. The van der Waals surface area contributed by atoms with Crippen molar-refractivity contribution in [2.45, 2.75) is 33.2 Å². The predicted octanol–water partition coefficient (Wildman–Crippen LogP) is 3.47. The molecule has 2 heterocycles. The van der Waals surface area contributed by atoms with Crippen LogP contribution >= 0.6 is 11.6 Å². The molecule has 0 bridgehead atoms. The minimum absolute atomic E-state index is 0.00380. The lowest BCUT2D eigenvalue weighted by molar-refractivity contribution is -0.130. The molecule has 0 N–H and O–H groups in total. The first-order valence-electron chi connectivity index (χ1n) is 9.16. The van der Waals surface area contributed by atoms with Gasteiger partial charge in [-0.1, -0.05) is 11.6 Å². The Kier molecular flexibility index (Phi) is 6.04. The molecule has 0 aliphatic carbocycles. The maximum atomic E-state index is 12.7. The van der Waals surface area contributed by atoms with E-state index in [9.17, 15) is 10.1 Å². The number of benzene rings is 1. The fraction of sp³-hybridized carbons (Fsp3) is 0.333. The Morgan fingerprint density at radius 1 is 1.38 bits per heavy atom. The summed E-state index contributed by atoms with van der Waals surface area (Å²) in [6.45, 7) is 4.22. The van der Waals surface area contributed by atoms with Crippen molar-refractivity contribution in [2.75, 3.05) is 14.2 Å². The number of fused-ring (bicyclic) bond motifs is 1. The van der Waals surface area contributed by atoms with E-state index in [2.05, 4.69) is 16.2 Å². The topological polar surface area (TPSA) is 83.5 Å². The van der Waals surface area contributed by atoms with E-state index in [1.807, 2.05) is 13.8 Å². The molecule has 0 aliphatic heterocycles. The second-order valence-electron chi connectivity index (χ2n) is 6.87. The van der Waals surface area contributed by atoms with Gasteiger partial charge in [0.25, 0.3) is 0 Å². The molecule has 3 rings (SSSR count). The number of hydrogen-bond acceptors (Lipinski definition) is 5. The largest absolute Gasteiger partial charge is 0.496 e. The van der Waals surface area contributed by atoms with Crippen molar-refractivity contribution in [3.63, 3.8) is 0 Å². The highest BCUT2D eigenvalue weighted by molar-refractivity contribution is 6.30. The monoisotopic (exact) mass is 411 g/mol. The molecule has 0 saturated carbocycles. The SMILES string of the molecule is COc1ccc(Cl)cc1CN(C)C(=O)CCc1c(C)nc2c(C#N)cnn2c1C. The number of carbonyl (C=O) groups is 1. The van der Waals surface area contributed by atoms with Gasteiger partial charge < -0.3 is 9.64 Å². The third-order valence-electron chi connectivity index (χ3n) is 4.99. The zero-order chi connectivity index (χ0) is 21.1. The molecule has 0 atom stereocenters. The van der Waals surface area contributed by atoms with Gasteiger partial charge in [-0.05, 0) is 44.0 Å². The average molecular weight is 412 g/mol. The molecule has 0 radical (unpaired) electrons. The lowest BCUT2D eigenvalue weighted by Gasteiger charge is -2.19. The van der Waals surface area contributed by atoms with E-state index in [-0.39, 0.29) is 5.91 Å². The van der Waals surface area contributed by atoms with Crippen LogP contribution in [0.3, 0.4) is 0 Å². The van der Waals surface area contributed by atoms with Crippen LogP contribution in [-0.2, 0) is 17.8 Å². The number of hydrogen-bond donors (Lipinski definition) is 0. The number of aromatic nitrogens is 3. The average Bonchev–Trinajstić information content (AvgIpc) is 3.10. The normalized spacial score (nSPS) is 10.8. The van der Waals surface area contributed by atoms with Gasteiger partial charge in [-0.2, -0.15) is 10.4 Å². The molecule has 0 spiro atoms. The molecular formula is C21H22ClN5O2. The lowest BCUT2D eigenvalue weighted by Crippen LogP contribution is -2.27. The summed E-state index contributed by atoms with van der Waals surface area (Å²) >= 11 is 6.08. The number of amides is 1. The standard InChI is InChI=1S/C21H22ClN5O2/c1-13-18(14(2)27-21(25-13)16(10-23)11-24-27)6-8-20(28)26(3)12-15-9-17(22)5-7-19(15)29-4/h5,7,9,11H,6,8,12H2,1-4H3. The van der Waals surface area contributed by atoms with E-state index in [0.29, 0.717) is 41.4 Å². The van der Waals surface area contributed by atoms with Crippen LogP contribution in [0.1, 0.15) is 34.5 Å². The summed E-state index contributed by atoms with van der Waals surface area (Å²) in [7, 11) is 3.35. The minimum atomic E-state index is 0.00380. The summed E-state index contributed by atoms with van der Waals surface area (Å²) in [5.74, 6) is 0.700. The first-order valence-corrected chi connectivity index (χ1v) is 9.53. The van der Waals surface area contributed by atoms with Gasteiger partial charge in [0.2, 0.25) is 5.91 Å². The van der Waals surface area contributed by atoms with E-state index in [4.69, 9.17) is 16.3 Å². The number of methoxy groups -OCH3 is 1. The number of nitriles is 1. The predicted molar refractivity (Wildman–Crippen MR) is 110 cm³/mol.